The summed E-state index contributed by atoms with van der Waals surface area (Å²) in [4.78, 5) is 49.4. The third-order valence-corrected chi connectivity index (χ3v) is 12.6. The van der Waals surface area contributed by atoms with Crippen LogP contribution in [0.25, 0.3) is 0 Å². The van der Waals surface area contributed by atoms with Gasteiger partial charge in [-0.2, -0.15) is 0 Å². The number of piperidine rings is 1. The van der Waals surface area contributed by atoms with Crippen molar-refractivity contribution >= 4 is 23.4 Å². The number of cyclic esters (lactones) is 1. The van der Waals surface area contributed by atoms with Crippen LogP contribution in [0.4, 0.5) is 0 Å². The van der Waals surface area contributed by atoms with Crippen molar-refractivity contribution in [2.45, 2.75) is 154 Å². The lowest BCUT2D eigenvalue weighted by atomic mass is 9.82. The second-order valence-electron chi connectivity index (χ2n) is 17.0. The molecule has 0 radical (unpaired) electrons. The topological polar surface area (TPSA) is 163 Å². The molecule has 2 saturated heterocycles. The fraction of sp³-hybridized carbons (Fsp3) is 0.773. The van der Waals surface area contributed by atoms with Gasteiger partial charge in [0.05, 0.1) is 30.1 Å². The molecular weight excluding hydrogens is 732 g/mol. The fourth-order valence-corrected chi connectivity index (χ4v) is 9.30. The lowest BCUT2D eigenvalue weighted by Crippen LogP contribution is -2.64. The highest BCUT2D eigenvalue weighted by Gasteiger charge is 2.56. The number of amides is 1. The van der Waals surface area contributed by atoms with E-state index in [4.69, 9.17) is 28.5 Å². The third-order valence-electron chi connectivity index (χ3n) is 12.6. The summed E-state index contributed by atoms with van der Waals surface area (Å²) >= 11 is 0. The Labute approximate surface area is 340 Å². The van der Waals surface area contributed by atoms with E-state index in [1.165, 1.54) is 12.0 Å². The van der Waals surface area contributed by atoms with Crippen molar-refractivity contribution < 1.29 is 53.1 Å². The van der Waals surface area contributed by atoms with Gasteiger partial charge in [-0.25, -0.2) is 4.79 Å². The predicted molar refractivity (Wildman–Crippen MR) is 216 cm³/mol. The number of ether oxygens (including phenoxy) is 5. The lowest BCUT2D eigenvalue weighted by Gasteiger charge is -2.47. The molecule has 0 aromatic carbocycles. The Balaban J connectivity index is 1.80. The van der Waals surface area contributed by atoms with E-state index in [0.29, 0.717) is 38.5 Å². The molecule has 1 amide bonds. The van der Waals surface area contributed by atoms with Crippen LogP contribution in [0.5, 0.6) is 0 Å². The maximum absolute atomic E-state index is 14.4. The molecule has 13 atom stereocenters. The number of carbonyl (C=O) groups excluding carboxylic acids is 3. The van der Waals surface area contributed by atoms with Crippen LogP contribution in [0.15, 0.2) is 40.6 Å². The third kappa shape index (κ3) is 11.4. The van der Waals surface area contributed by atoms with Crippen molar-refractivity contribution in [1.29, 1.82) is 0 Å². The van der Waals surface area contributed by atoms with Gasteiger partial charge in [0, 0.05) is 45.6 Å². The van der Waals surface area contributed by atoms with Crippen LogP contribution < -0.4 is 0 Å². The molecule has 0 spiro atoms. The molecule has 3 fully saturated rings. The first kappa shape index (κ1) is 46.7. The standard InChI is InChI=1S/C44H70N2O11/c1-11-32-21-26(2)20-27(3)22-37(53-8)40-38(54-9)24-30(6)44(51,57-40)41(48)42(49)46-19-13-12-14-34(46)43(50)56-39(28(4)15-17-33(32)45-55-10)29(5)23-31-16-18-35(47)36(25-31)52-7/h15,17,21,23,27-28,30-32,34-40,47,51H,11-14,16,18-20,22,24-25H2,1-10H3/b17-15?,26-21+,29-23+,45-33-/t27-,28+,30+,31-,32+,34-,35+,36+,37-,38-,39-,40+,44+/m0/s1. The van der Waals surface area contributed by atoms with Crippen LogP contribution in [0.3, 0.4) is 0 Å². The van der Waals surface area contributed by atoms with E-state index in [0.717, 1.165) is 36.1 Å². The minimum absolute atomic E-state index is 0.0610. The molecule has 1 saturated carbocycles. The minimum Gasteiger partial charge on any atom is -0.456 e. The van der Waals surface area contributed by atoms with Gasteiger partial charge in [0.15, 0.2) is 0 Å². The van der Waals surface area contributed by atoms with E-state index in [1.807, 2.05) is 26.0 Å². The Kier molecular flexibility index (Phi) is 17.5. The number of Topliss-reactive ketones (excluding diaryl/α,β-unsaturated/α-hetero) is 1. The molecule has 3 heterocycles. The average Bonchev–Trinajstić information content (AvgIpc) is 3.20. The Bertz CT molecular complexity index is 1490. The summed E-state index contributed by atoms with van der Waals surface area (Å²) in [5.74, 6) is -6.17. The van der Waals surface area contributed by atoms with Crippen molar-refractivity contribution in [2.24, 2.45) is 34.7 Å². The van der Waals surface area contributed by atoms with Gasteiger partial charge in [0.25, 0.3) is 11.7 Å². The van der Waals surface area contributed by atoms with Crippen LogP contribution >= 0.6 is 0 Å². The summed E-state index contributed by atoms with van der Waals surface area (Å²) in [5.41, 5.74) is 2.70. The molecule has 322 valence electrons. The van der Waals surface area contributed by atoms with E-state index >= 15 is 0 Å². The van der Waals surface area contributed by atoms with Gasteiger partial charge in [0.2, 0.25) is 5.79 Å². The second kappa shape index (κ2) is 21.4. The Hall–Kier alpha value is -2.94. The predicted octanol–water partition coefficient (Wildman–Crippen LogP) is 5.71. The summed E-state index contributed by atoms with van der Waals surface area (Å²) in [5, 5.41) is 26.9. The van der Waals surface area contributed by atoms with E-state index in [1.54, 1.807) is 28.3 Å². The summed E-state index contributed by atoms with van der Waals surface area (Å²) in [6.07, 6.45) is 10.5. The Morgan fingerprint density at radius 2 is 1.67 bits per heavy atom. The minimum atomic E-state index is -2.46. The molecule has 4 aliphatic rings. The molecule has 57 heavy (non-hydrogen) atoms. The normalized spacial score (nSPS) is 40.1. The van der Waals surface area contributed by atoms with E-state index in [2.05, 4.69) is 38.1 Å². The van der Waals surface area contributed by atoms with Gasteiger partial charge in [-0.3, -0.25) is 9.59 Å². The highest BCUT2D eigenvalue weighted by molar-refractivity contribution is 6.39. The lowest BCUT2D eigenvalue weighted by molar-refractivity contribution is -0.302. The number of oxime groups is 1. The van der Waals surface area contributed by atoms with Crippen LogP contribution in [-0.2, 0) is 42.9 Å². The number of hydrogen-bond donors (Lipinski definition) is 2. The molecule has 13 heteroatoms. The van der Waals surface area contributed by atoms with Gasteiger partial charge in [-0.15, -0.1) is 0 Å². The second-order valence-corrected chi connectivity index (χ2v) is 17.0. The summed E-state index contributed by atoms with van der Waals surface area (Å²) < 4.78 is 30.1. The van der Waals surface area contributed by atoms with Crippen molar-refractivity contribution in [3.8, 4) is 0 Å². The highest BCUT2D eigenvalue weighted by atomic mass is 16.7. The number of ketones is 1. The number of rotatable bonds is 7. The molecule has 2 bridgehead atoms. The van der Waals surface area contributed by atoms with Gasteiger partial charge in [0.1, 0.15) is 25.4 Å². The SMILES string of the molecule is CC[C@@H]1/C=C(\C)C[C@H](C)C[C@H](OC)[C@H]2O[C@@](O)(C(=O)C(=O)N3CCCC[C@H]3C(=O)O[C@H](/C(C)=C/[C@@H]3CC[C@@H](O)[C@H](OC)C3)[C@H](C)C=C/C1=N/OC)[C@H](C)C[C@@H]2OC. The Morgan fingerprint density at radius 3 is 2.32 bits per heavy atom. The maximum atomic E-state index is 14.4. The molecule has 1 aliphatic carbocycles. The summed E-state index contributed by atoms with van der Waals surface area (Å²) in [6, 6.07) is -1.04. The van der Waals surface area contributed by atoms with Gasteiger partial charge < -0.3 is 43.6 Å². The van der Waals surface area contributed by atoms with Crippen molar-refractivity contribution in [3.63, 3.8) is 0 Å². The average molecular weight is 803 g/mol. The zero-order valence-electron chi connectivity index (χ0n) is 36.0. The van der Waals surface area contributed by atoms with Gasteiger partial charge in [-0.05, 0) is 102 Å². The van der Waals surface area contributed by atoms with Crippen LogP contribution in [-0.4, -0.2) is 122 Å². The molecule has 0 aromatic heterocycles. The van der Waals surface area contributed by atoms with E-state index in [-0.39, 0.29) is 42.7 Å². The van der Waals surface area contributed by atoms with Crippen molar-refractivity contribution in [1.82, 2.24) is 4.90 Å². The first-order chi connectivity index (χ1) is 27.1. The number of carbonyl (C=O) groups is 3. The zero-order valence-corrected chi connectivity index (χ0v) is 36.0. The number of aliphatic hydroxyl groups is 2. The smallest absolute Gasteiger partial charge is 0.329 e. The van der Waals surface area contributed by atoms with Crippen LogP contribution in [0, 0.1) is 29.6 Å². The molecule has 4 rings (SSSR count). The summed E-state index contributed by atoms with van der Waals surface area (Å²) in [7, 11) is 6.25. The quantitative estimate of drug-likeness (QED) is 0.140. The number of fused-ring (bicyclic) bond motifs is 3. The zero-order chi connectivity index (χ0) is 42.0. The molecule has 2 N–H and O–H groups in total. The highest BCUT2D eigenvalue weighted by Crippen LogP contribution is 2.39. The first-order valence-corrected chi connectivity index (χ1v) is 21.0. The number of hydrogen-bond acceptors (Lipinski definition) is 12. The van der Waals surface area contributed by atoms with E-state index in [9.17, 15) is 24.6 Å². The molecule has 13 nitrogen and oxygen atoms in total. The number of methoxy groups -OCH3 is 3. The monoisotopic (exact) mass is 802 g/mol. The molecule has 0 aromatic rings. The largest absolute Gasteiger partial charge is 0.456 e. The number of esters is 1. The summed E-state index contributed by atoms with van der Waals surface area (Å²) in [6.45, 7) is 12.0. The number of aliphatic hydroxyl groups excluding tert-OH is 1. The van der Waals surface area contributed by atoms with Crippen molar-refractivity contribution in [2.75, 3.05) is 35.0 Å². The van der Waals surface area contributed by atoms with Crippen molar-refractivity contribution in [3.05, 3.63) is 35.5 Å². The van der Waals surface area contributed by atoms with Gasteiger partial charge >= 0.3 is 5.97 Å². The maximum Gasteiger partial charge on any atom is 0.329 e. The fourth-order valence-electron chi connectivity index (χ4n) is 9.30. The Morgan fingerprint density at radius 1 is 0.982 bits per heavy atom. The molecule has 3 aliphatic heterocycles. The number of nitrogens with zero attached hydrogens (tertiary/aromatic N) is 2. The van der Waals surface area contributed by atoms with Crippen LogP contribution in [0.1, 0.15) is 106 Å². The first-order valence-electron chi connectivity index (χ1n) is 21.0. The van der Waals surface area contributed by atoms with Crippen LogP contribution in [0.2, 0.25) is 0 Å². The molecule has 0 unspecified atom stereocenters. The molecular formula is C44H70N2O11. The van der Waals surface area contributed by atoms with E-state index < -0.39 is 65.9 Å². The van der Waals surface area contributed by atoms with Gasteiger partial charge in [-0.1, -0.05) is 56.7 Å². The number of allylic oxidation sites excluding steroid dienone is 4.